The molecule has 224 valence electrons. The highest BCUT2D eigenvalue weighted by atomic mass is 19.1. The number of ether oxygens (including phenoxy) is 2. The molecule has 2 aromatic rings. The molecule has 1 aromatic carbocycles. The largest absolute Gasteiger partial charge is 0.471 e. The van der Waals surface area contributed by atoms with Gasteiger partial charge >= 0.3 is 0 Å². The van der Waals surface area contributed by atoms with Crippen LogP contribution in [0.5, 0.6) is 5.88 Å². The first-order valence-corrected chi connectivity index (χ1v) is 14.9. The van der Waals surface area contributed by atoms with Crippen molar-refractivity contribution < 1.29 is 23.8 Å². The molecule has 1 aromatic heterocycles. The minimum absolute atomic E-state index is 0.0291. The Balaban J connectivity index is 1.32. The van der Waals surface area contributed by atoms with Crippen LogP contribution >= 0.6 is 0 Å². The number of fused-ring (bicyclic) bond motifs is 1. The van der Waals surface area contributed by atoms with Crippen molar-refractivity contribution >= 4 is 5.91 Å². The van der Waals surface area contributed by atoms with Crippen molar-refractivity contribution in [1.82, 2.24) is 20.5 Å². The Morgan fingerprint density at radius 2 is 2.00 bits per heavy atom. The van der Waals surface area contributed by atoms with E-state index >= 15 is 0 Å². The number of morpholine rings is 1. The van der Waals surface area contributed by atoms with Crippen LogP contribution in [-0.2, 0) is 22.4 Å². The SMILES string of the molecule is CN1CCO[C@H](C(=O)N[C@@H](Cc2ccc(F)cc2)[C@@H](O)CN[C@H]2CC3(CCC3)Oc3ncc(CC(C)(C)C)cc32)C1. The summed E-state index contributed by atoms with van der Waals surface area (Å²) < 4.78 is 25.7. The zero-order chi connectivity index (χ0) is 29.2. The molecule has 2 aliphatic heterocycles. The number of aromatic nitrogens is 1. The molecular weight excluding hydrogens is 523 g/mol. The molecule has 3 N–H and O–H groups in total. The lowest BCUT2D eigenvalue weighted by Crippen LogP contribution is -2.55. The van der Waals surface area contributed by atoms with Crippen LogP contribution in [0.2, 0.25) is 0 Å². The summed E-state index contributed by atoms with van der Waals surface area (Å²) in [5, 5.41) is 18.1. The number of pyridine rings is 1. The predicted molar refractivity (Wildman–Crippen MR) is 155 cm³/mol. The maximum absolute atomic E-state index is 13.6. The maximum atomic E-state index is 13.6. The lowest BCUT2D eigenvalue weighted by molar-refractivity contribution is -0.139. The van der Waals surface area contributed by atoms with Gasteiger partial charge in [0.15, 0.2) is 0 Å². The first kappa shape index (κ1) is 29.9. The van der Waals surface area contributed by atoms with Crippen LogP contribution in [0, 0.1) is 11.2 Å². The van der Waals surface area contributed by atoms with Gasteiger partial charge in [-0.15, -0.1) is 0 Å². The van der Waals surface area contributed by atoms with E-state index in [9.17, 15) is 14.3 Å². The first-order valence-electron chi connectivity index (χ1n) is 14.9. The van der Waals surface area contributed by atoms with Crippen molar-refractivity contribution in [3.8, 4) is 5.88 Å². The number of carbonyl (C=O) groups excluding carboxylic acids is 1. The van der Waals surface area contributed by atoms with Crippen LogP contribution in [0.3, 0.4) is 0 Å². The van der Waals surface area contributed by atoms with Gasteiger partial charge in [-0.05, 0) is 73.9 Å². The lowest BCUT2D eigenvalue weighted by atomic mass is 9.73. The third kappa shape index (κ3) is 7.63. The molecule has 1 aliphatic carbocycles. The summed E-state index contributed by atoms with van der Waals surface area (Å²) in [5.74, 6) is 0.108. The standard InChI is InChI=1S/C32H45FN4O4/c1-31(2,3)16-22-14-24-26(17-32(10-5-11-32)41-30(24)35-18-22)34-19-27(38)25(15-21-6-8-23(33)9-7-21)36-29(39)28-20-37(4)12-13-40-28/h6-9,14,18,25-28,34,38H,5,10-13,15-17,19-20H2,1-4H3,(H,36,39)/t25-,26-,27-,28-/m0/s1. The number of hydrogen-bond donors (Lipinski definition) is 3. The van der Waals surface area contributed by atoms with Crippen LogP contribution in [0.1, 0.15) is 69.2 Å². The van der Waals surface area contributed by atoms with Crippen LogP contribution < -0.4 is 15.4 Å². The Labute approximate surface area is 243 Å². The summed E-state index contributed by atoms with van der Waals surface area (Å²) in [4.78, 5) is 20.0. The van der Waals surface area contributed by atoms with E-state index in [4.69, 9.17) is 14.5 Å². The van der Waals surface area contributed by atoms with Gasteiger partial charge in [0.1, 0.15) is 17.5 Å². The summed E-state index contributed by atoms with van der Waals surface area (Å²) in [7, 11) is 1.96. The van der Waals surface area contributed by atoms with Gasteiger partial charge in [0, 0.05) is 43.9 Å². The average molecular weight is 569 g/mol. The van der Waals surface area contributed by atoms with Gasteiger partial charge in [-0.1, -0.05) is 32.9 Å². The summed E-state index contributed by atoms with van der Waals surface area (Å²) >= 11 is 0. The highest BCUT2D eigenvalue weighted by Gasteiger charge is 2.46. The number of likely N-dealkylation sites (N-methyl/N-ethyl adjacent to an activating group) is 1. The number of carbonyl (C=O) groups is 1. The normalized spacial score (nSPS) is 23.7. The van der Waals surface area contributed by atoms with Crippen LogP contribution in [0.4, 0.5) is 4.39 Å². The number of halogens is 1. The maximum Gasteiger partial charge on any atom is 0.250 e. The molecule has 4 atom stereocenters. The molecule has 9 heteroatoms. The van der Waals surface area contributed by atoms with Crippen molar-refractivity contribution in [2.24, 2.45) is 5.41 Å². The van der Waals surface area contributed by atoms with Crippen molar-refractivity contribution in [2.45, 2.75) is 89.2 Å². The molecule has 1 saturated heterocycles. The van der Waals surface area contributed by atoms with Gasteiger partial charge in [0.2, 0.25) is 5.88 Å². The van der Waals surface area contributed by atoms with Crippen molar-refractivity contribution in [3.05, 3.63) is 59.0 Å². The molecule has 1 saturated carbocycles. The van der Waals surface area contributed by atoms with Gasteiger partial charge < -0.3 is 30.1 Å². The first-order chi connectivity index (χ1) is 19.5. The number of hydrogen-bond acceptors (Lipinski definition) is 7. The predicted octanol–water partition coefficient (Wildman–Crippen LogP) is 3.56. The van der Waals surface area contributed by atoms with E-state index in [2.05, 4.69) is 42.4 Å². The number of aliphatic hydroxyl groups is 1. The quantitative estimate of drug-likeness (QED) is 0.426. The molecule has 0 bridgehead atoms. The fraction of sp³-hybridized carbons (Fsp3) is 0.625. The molecular formula is C32H45FN4O4. The zero-order valence-corrected chi connectivity index (χ0v) is 24.8. The fourth-order valence-corrected chi connectivity index (χ4v) is 6.12. The van der Waals surface area contributed by atoms with Gasteiger partial charge in [-0.3, -0.25) is 4.79 Å². The summed E-state index contributed by atoms with van der Waals surface area (Å²) in [6, 6.07) is 7.76. The van der Waals surface area contributed by atoms with E-state index in [0.717, 1.165) is 55.3 Å². The topological polar surface area (TPSA) is 96.0 Å². The Morgan fingerprint density at radius 1 is 1.24 bits per heavy atom. The van der Waals surface area contributed by atoms with Gasteiger partial charge in [0.25, 0.3) is 5.91 Å². The fourth-order valence-electron chi connectivity index (χ4n) is 6.12. The van der Waals surface area contributed by atoms with Crippen molar-refractivity contribution in [1.29, 1.82) is 0 Å². The van der Waals surface area contributed by atoms with E-state index in [1.54, 1.807) is 12.1 Å². The smallest absolute Gasteiger partial charge is 0.250 e. The van der Waals surface area contributed by atoms with E-state index in [1.165, 1.54) is 12.1 Å². The summed E-state index contributed by atoms with van der Waals surface area (Å²) in [5.41, 5.74) is 2.94. The molecule has 3 heterocycles. The average Bonchev–Trinajstić information content (AvgIpc) is 2.90. The zero-order valence-electron chi connectivity index (χ0n) is 24.8. The molecule has 1 amide bonds. The van der Waals surface area contributed by atoms with Crippen LogP contribution in [0.25, 0.3) is 0 Å². The van der Waals surface area contributed by atoms with Gasteiger partial charge in [0.05, 0.1) is 18.8 Å². The number of nitrogens with one attached hydrogen (secondary N) is 2. The third-order valence-corrected chi connectivity index (χ3v) is 8.50. The van der Waals surface area contributed by atoms with Crippen LogP contribution in [-0.4, -0.2) is 78.0 Å². The second-order valence-electron chi connectivity index (χ2n) is 13.4. The van der Waals surface area contributed by atoms with Gasteiger partial charge in [-0.25, -0.2) is 9.37 Å². The minimum Gasteiger partial charge on any atom is -0.471 e. The number of benzene rings is 1. The number of nitrogens with zero attached hydrogens (tertiary/aromatic N) is 2. The van der Waals surface area contributed by atoms with E-state index < -0.39 is 18.2 Å². The summed E-state index contributed by atoms with van der Waals surface area (Å²) in [6.07, 6.45) is 5.64. The Morgan fingerprint density at radius 3 is 2.66 bits per heavy atom. The van der Waals surface area contributed by atoms with E-state index in [-0.39, 0.29) is 35.3 Å². The number of amides is 1. The molecule has 5 rings (SSSR count). The number of rotatable bonds is 9. The molecule has 8 nitrogen and oxygen atoms in total. The second-order valence-corrected chi connectivity index (χ2v) is 13.4. The minimum atomic E-state index is -0.889. The van der Waals surface area contributed by atoms with Crippen molar-refractivity contribution in [2.75, 3.05) is 33.3 Å². The molecule has 0 unspecified atom stereocenters. The summed E-state index contributed by atoms with van der Waals surface area (Å²) in [6.45, 7) is 8.65. The van der Waals surface area contributed by atoms with E-state index in [1.807, 2.05) is 13.2 Å². The Kier molecular flexibility index (Phi) is 8.99. The van der Waals surface area contributed by atoms with Gasteiger partial charge in [-0.2, -0.15) is 0 Å². The molecule has 0 radical (unpaired) electrons. The highest BCUT2D eigenvalue weighted by Crippen LogP contribution is 2.48. The molecule has 1 spiro atoms. The number of aliphatic hydroxyl groups excluding tert-OH is 1. The third-order valence-electron chi connectivity index (χ3n) is 8.50. The van der Waals surface area contributed by atoms with Crippen LogP contribution in [0.15, 0.2) is 36.5 Å². The lowest BCUT2D eigenvalue weighted by Gasteiger charge is -2.47. The van der Waals surface area contributed by atoms with Crippen molar-refractivity contribution in [3.63, 3.8) is 0 Å². The Hall–Kier alpha value is -2.59. The van der Waals surface area contributed by atoms with E-state index in [0.29, 0.717) is 25.5 Å². The molecule has 3 aliphatic rings. The molecule has 41 heavy (non-hydrogen) atoms. The monoisotopic (exact) mass is 568 g/mol. The second kappa shape index (κ2) is 12.3. The highest BCUT2D eigenvalue weighted by molar-refractivity contribution is 5.81. The molecule has 2 fully saturated rings. The Bertz CT molecular complexity index is 1200.